The van der Waals surface area contributed by atoms with Crippen molar-refractivity contribution >= 4 is 5.91 Å². The lowest BCUT2D eigenvalue weighted by molar-refractivity contribution is -0.129. The highest BCUT2D eigenvalue weighted by Gasteiger charge is 2.39. The van der Waals surface area contributed by atoms with E-state index in [0.29, 0.717) is 12.3 Å². The number of aromatic nitrogens is 1. The fourth-order valence-electron chi connectivity index (χ4n) is 2.36. The van der Waals surface area contributed by atoms with E-state index >= 15 is 0 Å². The Morgan fingerprint density at radius 2 is 2.29 bits per heavy atom. The number of hydrogen-bond donors (Lipinski definition) is 1. The summed E-state index contributed by atoms with van der Waals surface area (Å²) in [5.74, 6) is 0.581. The van der Waals surface area contributed by atoms with Crippen LogP contribution in [0.15, 0.2) is 24.4 Å². The molecule has 2 heterocycles. The number of pyridine rings is 1. The van der Waals surface area contributed by atoms with Crippen molar-refractivity contribution in [1.29, 1.82) is 0 Å². The molecule has 0 aliphatic carbocycles. The number of nitrogens with two attached hydrogens (primary N) is 1. The van der Waals surface area contributed by atoms with Crippen LogP contribution in [0.5, 0.6) is 0 Å². The molecule has 1 aromatic rings. The van der Waals surface area contributed by atoms with Gasteiger partial charge in [0.25, 0.3) is 0 Å². The van der Waals surface area contributed by atoms with Gasteiger partial charge in [-0.25, -0.2) is 0 Å². The second-order valence-electron chi connectivity index (χ2n) is 5.01. The zero-order valence-electron chi connectivity index (χ0n) is 10.3. The third kappa shape index (κ3) is 2.47. The highest BCUT2D eigenvalue weighted by atomic mass is 16.2. The molecule has 17 heavy (non-hydrogen) atoms. The van der Waals surface area contributed by atoms with E-state index in [1.165, 1.54) is 0 Å². The Hall–Kier alpha value is -1.42. The average molecular weight is 233 g/mol. The van der Waals surface area contributed by atoms with Gasteiger partial charge >= 0.3 is 0 Å². The summed E-state index contributed by atoms with van der Waals surface area (Å²) in [6, 6.07) is 5.54. The predicted molar refractivity (Wildman–Crippen MR) is 66.1 cm³/mol. The fourth-order valence-corrected chi connectivity index (χ4v) is 2.36. The van der Waals surface area contributed by atoms with Crippen LogP contribution in [0, 0.1) is 5.92 Å². The number of carbonyl (C=O) groups excluding carboxylic acids is 1. The number of carbonyl (C=O) groups is 1. The quantitative estimate of drug-likeness (QED) is 0.857. The Balaban J connectivity index is 2.26. The first-order valence-electron chi connectivity index (χ1n) is 6.05. The first kappa shape index (κ1) is 12.0. The van der Waals surface area contributed by atoms with Gasteiger partial charge in [0.2, 0.25) is 5.91 Å². The van der Waals surface area contributed by atoms with E-state index in [1.807, 2.05) is 23.1 Å². The molecule has 4 nitrogen and oxygen atoms in total. The first-order valence-corrected chi connectivity index (χ1v) is 6.05. The van der Waals surface area contributed by atoms with E-state index in [-0.39, 0.29) is 18.0 Å². The number of amides is 1. The summed E-state index contributed by atoms with van der Waals surface area (Å²) in [6.45, 7) is 4.95. The maximum Gasteiger partial charge on any atom is 0.224 e. The van der Waals surface area contributed by atoms with Crippen LogP contribution in [0.1, 0.15) is 32.0 Å². The standard InChI is InChI=1S/C13H19N3O/c1-9(2)8-16-12(17)7-10(14)13(16)11-5-3-4-6-15-11/h3-6,9-10,13H,7-8,14H2,1-2H3. The highest BCUT2D eigenvalue weighted by Crippen LogP contribution is 2.31. The Morgan fingerprint density at radius 1 is 1.53 bits per heavy atom. The molecule has 0 aromatic carbocycles. The second kappa shape index (κ2) is 4.84. The molecule has 2 rings (SSSR count). The van der Waals surface area contributed by atoms with Crippen LogP contribution in [-0.2, 0) is 4.79 Å². The van der Waals surface area contributed by atoms with Gasteiger partial charge in [0.1, 0.15) is 0 Å². The highest BCUT2D eigenvalue weighted by molar-refractivity contribution is 5.80. The van der Waals surface area contributed by atoms with Crippen LogP contribution in [0.3, 0.4) is 0 Å². The molecule has 0 spiro atoms. The van der Waals surface area contributed by atoms with Crippen LogP contribution in [0.4, 0.5) is 0 Å². The number of rotatable bonds is 3. The Morgan fingerprint density at radius 3 is 2.88 bits per heavy atom. The topological polar surface area (TPSA) is 59.2 Å². The largest absolute Gasteiger partial charge is 0.332 e. The lowest BCUT2D eigenvalue weighted by Gasteiger charge is -2.27. The molecule has 0 radical (unpaired) electrons. The van der Waals surface area contributed by atoms with Gasteiger partial charge in [-0.3, -0.25) is 9.78 Å². The molecule has 1 aliphatic rings. The maximum absolute atomic E-state index is 11.9. The molecule has 2 atom stereocenters. The predicted octanol–water partition coefficient (Wildman–Crippen LogP) is 1.34. The third-order valence-electron chi connectivity index (χ3n) is 3.02. The lowest BCUT2D eigenvalue weighted by atomic mass is 10.1. The smallest absolute Gasteiger partial charge is 0.224 e. The van der Waals surface area contributed by atoms with Crippen LogP contribution < -0.4 is 5.73 Å². The normalized spacial score (nSPS) is 24.7. The van der Waals surface area contributed by atoms with Gasteiger partial charge in [0, 0.05) is 25.2 Å². The molecular formula is C13H19N3O. The zero-order chi connectivity index (χ0) is 12.4. The van der Waals surface area contributed by atoms with E-state index in [2.05, 4.69) is 18.8 Å². The summed E-state index contributed by atoms with van der Waals surface area (Å²) in [5, 5.41) is 0. The van der Waals surface area contributed by atoms with Crippen molar-refractivity contribution in [3.63, 3.8) is 0 Å². The molecule has 0 bridgehead atoms. The molecular weight excluding hydrogens is 214 g/mol. The van der Waals surface area contributed by atoms with Gasteiger partial charge in [0.05, 0.1) is 11.7 Å². The van der Waals surface area contributed by atoms with Crippen LogP contribution in [0.25, 0.3) is 0 Å². The molecule has 1 fully saturated rings. The van der Waals surface area contributed by atoms with Crippen LogP contribution in [-0.4, -0.2) is 28.4 Å². The van der Waals surface area contributed by atoms with Gasteiger partial charge in [0.15, 0.2) is 0 Å². The molecule has 1 amide bonds. The molecule has 1 aromatic heterocycles. The van der Waals surface area contributed by atoms with Crippen molar-refractivity contribution < 1.29 is 4.79 Å². The van der Waals surface area contributed by atoms with E-state index < -0.39 is 0 Å². The third-order valence-corrected chi connectivity index (χ3v) is 3.02. The van der Waals surface area contributed by atoms with Crippen molar-refractivity contribution in [3.8, 4) is 0 Å². The first-order chi connectivity index (χ1) is 8.09. The van der Waals surface area contributed by atoms with E-state index in [1.54, 1.807) is 6.20 Å². The summed E-state index contributed by atoms with van der Waals surface area (Å²) < 4.78 is 0. The Labute approximate surface area is 102 Å². The molecule has 1 aliphatic heterocycles. The van der Waals surface area contributed by atoms with Gasteiger partial charge in [-0.15, -0.1) is 0 Å². The van der Waals surface area contributed by atoms with E-state index in [4.69, 9.17) is 5.73 Å². The minimum Gasteiger partial charge on any atom is -0.332 e. The monoisotopic (exact) mass is 233 g/mol. The van der Waals surface area contributed by atoms with E-state index in [9.17, 15) is 4.79 Å². The number of nitrogens with zero attached hydrogens (tertiary/aromatic N) is 2. The lowest BCUT2D eigenvalue weighted by Crippen LogP contribution is -2.35. The molecule has 2 unspecified atom stereocenters. The molecule has 2 N–H and O–H groups in total. The van der Waals surface area contributed by atoms with Crippen molar-refractivity contribution in [2.24, 2.45) is 11.7 Å². The number of hydrogen-bond acceptors (Lipinski definition) is 3. The summed E-state index contributed by atoms with van der Waals surface area (Å²) in [6.07, 6.45) is 2.17. The zero-order valence-corrected chi connectivity index (χ0v) is 10.3. The minimum absolute atomic E-state index is 0.0638. The van der Waals surface area contributed by atoms with Gasteiger partial charge in [-0.2, -0.15) is 0 Å². The maximum atomic E-state index is 11.9. The summed E-state index contributed by atoms with van der Waals surface area (Å²) in [4.78, 5) is 18.1. The number of likely N-dealkylation sites (tertiary alicyclic amines) is 1. The Bertz CT molecular complexity index is 391. The van der Waals surface area contributed by atoms with Gasteiger partial charge < -0.3 is 10.6 Å². The molecule has 92 valence electrons. The summed E-state index contributed by atoms with van der Waals surface area (Å²) in [5.41, 5.74) is 6.96. The van der Waals surface area contributed by atoms with Crippen molar-refractivity contribution in [1.82, 2.24) is 9.88 Å². The van der Waals surface area contributed by atoms with Gasteiger partial charge in [-0.05, 0) is 18.1 Å². The SMILES string of the molecule is CC(C)CN1C(=O)CC(N)C1c1ccccn1. The van der Waals surface area contributed by atoms with Crippen LogP contribution in [0.2, 0.25) is 0 Å². The Kier molecular flexibility index (Phi) is 3.43. The van der Waals surface area contributed by atoms with Crippen LogP contribution >= 0.6 is 0 Å². The summed E-state index contributed by atoms with van der Waals surface area (Å²) in [7, 11) is 0. The molecule has 1 saturated heterocycles. The fraction of sp³-hybridized carbons (Fsp3) is 0.538. The summed E-state index contributed by atoms with van der Waals surface area (Å²) >= 11 is 0. The van der Waals surface area contributed by atoms with Gasteiger partial charge in [-0.1, -0.05) is 19.9 Å². The van der Waals surface area contributed by atoms with Crippen molar-refractivity contribution in [2.75, 3.05) is 6.54 Å². The molecule has 4 heteroatoms. The minimum atomic E-state index is -0.142. The molecule has 0 saturated carbocycles. The average Bonchev–Trinajstić information content (AvgIpc) is 2.54. The van der Waals surface area contributed by atoms with Crippen molar-refractivity contribution in [3.05, 3.63) is 30.1 Å². The van der Waals surface area contributed by atoms with Crippen molar-refractivity contribution in [2.45, 2.75) is 32.4 Å². The second-order valence-corrected chi connectivity index (χ2v) is 5.01. The van der Waals surface area contributed by atoms with E-state index in [0.717, 1.165) is 12.2 Å².